The van der Waals surface area contributed by atoms with Gasteiger partial charge in [-0.2, -0.15) is 0 Å². The summed E-state index contributed by atoms with van der Waals surface area (Å²) in [6.07, 6.45) is 4.12. The van der Waals surface area contributed by atoms with Crippen molar-refractivity contribution in [1.82, 2.24) is 5.32 Å². The Hall–Kier alpha value is -1.09. The summed E-state index contributed by atoms with van der Waals surface area (Å²) in [5, 5.41) is 2.73. The highest BCUT2D eigenvalue weighted by Gasteiger charge is 2.24. The fraction of sp³-hybridized carbons (Fsp3) is 0.579. The quantitative estimate of drug-likeness (QED) is 0.256. The third kappa shape index (κ3) is 14.5. The molecule has 29 heavy (non-hydrogen) atoms. The minimum Gasteiger partial charge on any atom is -0.459 e. The summed E-state index contributed by atoms with van der Waals surface area (Å²) in [5.74, 6) is -0.787. The zero-order chi connectivity index (χ0) is 19.2. The predicted octanol–water partition coefficient (Wildman–Crippen LogP) is 2.07. The smallest absolute Gasteiger partial charge is 0.328 e. The maximum atomic E-state index is 12.4. The molecule has 7 nitrogen and oxygen atoms in total. The van der Waals surface area contributed by atoms with E-state index in [-0.39, 0.29) is 49.7 Å². The SMILES string of the molecule is Cl.Cl.Cl.NCCCCC(N)C(=O)NC(CCCCN)C(=O)OCc1ccccc1. The van der Waals surface area contributed by atoms with E-state index >= 15 is 0 Å². The van der Waals surface area contributed by atoms with Crippen molar-refractivity contribution < 1.29 is 14.3 Å². The molecule has 1 rings (SSSR count). The summed E-state index contributed by atoms with van der Waals surface area (Å²) in [4.78, 5) is 24.7. The molecule has 0 bridgehead atoms. The van der Waals surface area contributed by atoms with Gasteiger partial charge in [0.1, 0.15) is 12.6 Å². The van der Waals surface area contributed by atoms with E-state index in [1.54, 1.807) is 0 Å². The van der Waals surface area contributed by atoms with Crippen LogP contribution in [-0.4, -0.2) is 37.0 Å². The van der Waals surface area contributed by atoms with Gasteiger partial charge in [-0.15, -0.1) is 37.2 Å². The lowest BCUT2D eigenvalue weighted by molar-refractivity contribution is -0.149. The lowest BCUT2D eigenvalue weighted by Crippen LogP contribution is -2.49. The van der Waals surface area contributed by atoms with Crippen molar-refractivity contribution in [3.05, 3.63) is 35.9 Å². The number of hydrogen-bond acceptors (Lipinski definition) is 6. The van der Waals surface area contributed by atoms with E-state index in [1.165, 1.54) is 0 Å². The van der Waals surface area contributed by atoms with Crippen LogP contribution in [-0.2, 0) is 20.9 Å². The highest BCUT2D eigenvalue weighted by atomic mass is 35.5. The van der Waals surface area contributed by atoms with E-state index in [0.29, 0.717) is 25.9 Å². The first-order valence-electron chi connectivity index (χ1n) is 9.25. The molecule has 0 radical (unpaired) electrons. The van der Waals surface area contributed by atoms with Gasteiger partial charge in [-0.25, -0.2) is 4.79 Å². The topological polar surface area (TPSA) is 133 Å². The number of esters is 1. The predicted molar refractivity (Wildman–Crippen MR) is 124 cm³/mol. The van der Waals surface area contributed by atoms with Crippen LogP contribution in [0.1, 0.15) is 44.1 Å². The van der Waals surface area contributed by atoms with E-state index < -0.39 is 18.1 Å². The Labute approximate surface area is 192 Å². The van der Waals surface area contributed by atoms with Crippen LogP contribution in [0.15, 0.2) is 30.3 Å². The lowest BCUT2D eigenvalue weighted by atomic mass is 10.1. The molecule has 0 aliphatic heterocycles. The van der Waals surface area contributed by atoms with Gasteiger partial charge in [-0.05, 0) is 50.8 Å². The van der Waals surface area contributed by atoms with E-state index in [0.717, 1.165) is 31.2 Å². The van der Waals surface area contributed by atoms with Gasteiger partial charge in [-0.1, -0.05) is 36.8 Å². The number of carbonyl (C=O) groups is 2. The minimum absolute atomic E-state index is 0. The van der Waals surface area contributed by atoms with Crippen molar-refractivity contribution in [2.75, 3.05) is 13.1 Å². The van der Waals surface area contributed by atoms with E-state index in [2.05, 4.69) is 5.32 Å². The number of rotatable bonds is 13. The zero-order valence-electron chi connectivity index (χ0n) is 16.6. The lowest BCUT2D eigenvalue weighted by Gasteiger charge is -2.20. The van der Waals surface area contributed by atoms with Gasteiger partial charge < -0.3 is 27.3 Å². The Morgan fingerprint density at radius 3 is 2.00 bits per heavy atom. The molecule has 1 aromatic carbocycles. The Morgan fingerprint density at radius 2 is 1.45 bits per heavy atom. The van der Waals surface area contributed by atoms with Gasteiger partial charge in [0.2, 0.25) is 5.91 Å². The highest BCUT2D eigenvalue weighted by Crippen LogP contribution is 2.07. The third-order valence-corrected chi connectivity index (χ3v) is 4.08. The van der Waals surface area contributed by atoms with Crippen LogP contribution in [0.4, 0.5) is 0 Å². The maximum Gasteiger partial charge on any atom is 0.328 e. The molecular weight excluding hydrogens is 439 g/mol. The Morgan fingerprint density at radius 1 is 0.897 bits per heavy atom. The summed E-state index contributed by atoms with van der Waals surface area (Å²) >= 11 is 0. The molecule has 2 unspecified atom stereocenters. The molecule has 1 amide bonds. The number of unbranched alkanes of at least 4 members (excludes halogenated alkanes) is 2. The van der Waals surface area contributed by atoms with Crippen LogP contribution >= 0.6 is 37.2 Å². The zero-order valence-corrected chi connectivity index (χ0v) is 19.0. The number of nitrogens with one attached hydrogen (secondary N) is 1. The third-order valence-electron chi connectivity index (χ3n) is 4.08. The summed E-state index contributed by atoms with van der Waals surface area (Å²) < 4.78 is 5.36. The summed E-state index contributed by atoms with van der Waals surface area (Å²) in [7, 11) is 0. The van der Waals surface area contributed by atoms with Crippen LogP contribution in [0.5, 0.6) is 0 Å². The van der Waals surface area contributed by atoms with Gasteiger partial charge in [0.05, 0.1) is 6.04 Å². The molecule has 170 valence electrons. The van der Waals surface area contributed by atoms with Crippen molar-refractivity contribution in [2.24, 2.45) is 17.2 Å². The molecule has 0 spiro atoms. The fourth-order valence-corrected chi connectivity index (χ4v) is 2.49. The van der Waals surface area contributed by atoms with Crippen molar-refractivity contribution in [3.8, 4) is 0 Å². The minimum atomic E-state index is -0.710. The monoisotopic (exact) mass is 472 g/mol. The number of nitrogens with two attached hydrogens (primary N) is 3. The largest absolute Gasteiger partial charge is 0.459 e. The van der Waals surface area contributed by atoms with Gasteiger partial charge in [-0.3, -0.25) is 4.79 Å². The van der Waals surface area contributed by atoms with E-state index in [9.17, 15) is 9.59 Å². The normalized spacial score (nSPS) is 11.7. The fourth-order valence-electron chi connectivity index (χ4n) is 2.49. The summed E-state index contributed by atoms with van der Waals surface area (Å²) in [6, 6.07) is 8.05. The van der Waals surface area contributed by atoms with Crippen molar-refractivity contribution in [3.63, 3.8) is 0 Å². The molecular formula is C19H35Cl3N4O3. The molecule has 0 saturated carbocycles. The first kappa shape index (κ1) is 32.6. The van der Waals surface area contributed by atoms with Crippen molar-refractivity contribution in [2.45, 2.75) is 57.2 Å². The maximum absolute atomic E-state index is 12.4. The van der Waals surface area contributed by atoms with Crippen LogP contribution in [0.2, 0.25) is 0 Å². The number of benzene rings is 1. The number of hydrogen-bond donors (Lipinski definition) is 4. The Balaban J connectivity index is -0.00000225. The second-order valence-corrected chi connectivity index (χ2v) is 6.33. The number of amides is 1. The number of carbonyl (C=O) groups excluding carboxylic acids is 2. The van der Waals surface area contributed by atoms with Crippen LogP contribution in [0.3, 0.4) is 0 Å². The van der Waals surface area contributed by atoms with Gasteiger partial charge in [0.25, 0.3) is 0 Å². The van der Waals surface area contributed by atoms with Crippen molar-refractivity contribution >= 4 is 49.1 Å². The first-order valence-corrected chi connectivity index (χ1v) is 9.25. The molecule has 2 atom stereocenters. The van der Waals surface area contributed by atoms with E-state index in [1.807, 2.05) is 30.3 Å². The van der Waals surface area contributed by atoms with E-state index in [4.69, 9.17) is 21.9 Å². The molecule has 0 saturated heterocycles. The second-order valence-electron chi connectivity index (χ2n) is 6.33. The van der Waals surface area contributed by atoms with Gasteiger partial charge in [0, 0.05) is 0 Å². The summed E-state index contributed by atoms with van der Waals surface area (Å²) in [5.41, 5.74) is 17.8. The average molecular weight is 474 g/mol. The van der Waals surface area contributed by atoms with Crippen LogP contribution < -0.4 is 22.5 Å². The molecule has 0 heterocycles. The molecule has 0 aliphatic rings. The van der Waals surface area contributed by atoms with Crippen LogP contribution in [0.25, 0.3) is 0 Å². The van der Waals surface area contributed by atoms with Crippen molar-refractivity contribution in [1.29, 1.82) is 0 Å². The molecule has 0 aliphatic carbocycles. The average Bonchev–Trinajstić information content (AvgIpc) is 2.66. The van der Waals surface area contributed by atoms with Gasteiger partial charge >= 0.3 is 5.97 Å². The number of ether oxygens (including phenoxy) is 1. The van der Waals surface area contributed by atoms with Gasteiger partial charge in [0.15, 0.2) is 0 Å². The summed E-state index contributed by atoms with van der Waals surface area (Å²) in [6.45, 7) is 1.28. The Kier molecular flexibility index (Phi) is 22.7. The second kappa shape index (κ2) is 20.2. The molecule has 0 aromatic heterocycles. The number of halogens is 3. The van der Waals surface area contributed by atoms with Crippen LogP contribution in [0, 0.1) is 0 Å². The molecule has 0 fully saturated rings. The Bertz CT molecular complexity index is 539. The molecule has 10 heteroatoms. The first-order chi connectivity index (χ1) is 12.6. The standard InChI is InChI=1S/C19H32N4O3.3ClH/c20-12-6-4-10-16(22)18(24)23-17(11-5-7-13-21)19(25)26-14-15-8-2-1-3-9-15;;;/h1-3,8-9,16-17H,4-7,10-14,20-22H2,(H,23,24);3*1H. The molecule has 1 aromatic rings. The molecule has 7 N–H and O–H groups in total. The highest BCUT2D eigenvalue weighted by molar-refractivity contribution is 5.87.